The summed E-state index contributed by atoms with van der Waals surface area (Å²) >= 11 is 0. The van der Waals surface area contributed by atoms with Gasteiger partial charge < -0.3 is 5.32 Å². The molecule has 0 fully saturated rings. The first kappa shape index (κ1) is 26.3. The van der Waals surface area contributed by atoms with Crippen molar-refractivity contribution in [1.82, 2.24) is 5.32 Å². The van der Waals surface area contributed by atoms with E-state index in [-0.39, 0.29) is 34.0 Å². The lowest BCUT2D eigenvalue weighted by Gasteiger charge is -2.41. The Balaban J connectivity index is 5.93. The molecule has 0 aliphatic rings. The summed E-state index contributed by atoms with van der Waals surface area (Å²) < 4.78 is 0. The second-order valence-electron chi connectivity index (χ2n) is 10.3. The molecule has 0 aliphatic heterocycles. The molecule has 0 rings (SSSR count). The van der Waals surface area contributed by atoms with Crippen LogP contribution < -0.4 is 5.32 Å². The molecule has 0 aromatic heterocycles. The highest BCUT2D eigenvalue weighted by Crippen LogP contribution is 2.38. The third kappa shape index (κ3) is 6.41. The van der Waals surface area contributed by atoms with Gasteiger partial charge in [0.05, 0.1) is 6.04 Å². The van der Waals surface area contributed by atoms with Crippen molar-refractivity contribution < 1.29 is 9.59 Å². The van der Waals surface area contributed by atoms with E-state index in [0.717, 1.165) is 32.1 Å². The number of carbonyl (C=O) groups is 2. The molecule has 1 unspecified atom stereocenters. The normalized spacial score (nSPS) is 14.9. The molecule has 27 heavy (non-hydrogen) atoms. The van der Waals surface area contributed by atoms with Gasteiger partial charge in [0, 0.05) is 21.8 Å². The van der Waals surface area contributed by atoms with Crippen molar-refractivity contribution in [2.24, 2.45) is 16.2 Å². The van der Waals surface area contributed by atoms with Gasteiger partial charge in [0.2, 0.25) is 0 Å². The van der Waals surface area contributed by atoms with E-state index in [9.17, 15) is 9.59 Å². The lowest BCUT2D eigenvalue weighted by atomic mass is 9.67. The van der Waals surface area contributed by atoms with Gasteiger partial charge in [0.25, 0.3) is 0 Å². The summed E-state index contributed by atoms with van der Waals surface area (Å²) in [4.78, 5) is 26.8. The van der Waals surface area contributed by atoms with Crippen LogP contribution in [0.15, 0.2) is 0 Å². The Labute approximate surface area is 169 Å². The summed E-state index contributed by atoms with van der Waals surface area (Å²) in [7, 11) is 0. The first-order chi connectivity index (χ1) is 12.2. The molecule has 0 spiro atoms. The van der Waals surface area contributed by atoms with Gasteiger partial charge in [-0.1, -0.05) is 69.2 Å². The maximum atomic E-state index is 13.6. The minimum atomic E-state index is -0.544. The molecule has 0 radical (unpaired) electrons. The highest BCUT2D eigenvalue weighted by molar-refractivity contribution is 5.92. The molecule has 0 saturated carbocycles. The van der Waals surface area contributed by atoms with E-state index >= 15 is 0 Å². The Morgan fingerprint density at radius 2 is 1.15 bits per heavy atom. The predicted molar refractivity (Wildman–Crippen MR) is 117 cm³/mol. The Kier molecular flexibility index (Phi) is 9.42. The van der Waals surface area contributed by atoms with Gasteiger partial charge in [-0.15, -0.1) is 0 Å². The zero-order valence-electron chi connectivity index (χ0n) is 20.1. The van der Waals surface area contributed by atoms with Crippen LogP contribution in [0.2, 0.25) is 0 Å². The molecule has 3 nitrogen and oxygen atoms in total. The summed E-state index contributed by atoms with van der Waals surface area (Å²) in [6, 6.07) is -0.300. The van der Waals surface area contributed by atoms with Crippen molar-refractivity contribution in [1.29, 1.82) is 0 Å². The van der Waals surface area contributed by atoms with Crippen LogP contribution in [-0.2, 0) is 9.59 Å². The van der Waals surface area contributed by atoms with Crippen molar-refractivity contribution in [3.05, 3.63) is 0 Å². The van der Waals surface area contributed by atoms with E-state index in [0.29, 0.717) is 6.42 Å². The van der Waals surface area contributed by atoms with Crippen LogP contribution >= 0.6 is 0 Å². The lowest BCUT2D eigenvalue weighted by Crippen LogP contribution is -2.56. The summed E-state index contributed by atoms with van der Waals surface area (Å²) in [5, 5.41) is 3.68. The standard InChI is InChI=1S/C24H47NO2/c1-12-21(6,7)20(27)22(8,9)17-18(25-24(11,15-4)16-5)19(26)23(10,13-2)14-3/h18,25H,12-17H2,1-11H3. The van der Waals surface area contributed by atoms with E-state index in [1.165, 1.54) is 0 Å². The molecular weight excluding hydrogens is 334 g/mol. The molecule has 1 atom stereocenters. The molecule has 160 valence electrons. The van der Waals surface area contributed by atoms with E-state index in [1.807, 2.05) is 27.7 Å². The third-order valence-electron chi connectivity index (χ3n) is 7.38. The SMILES string of the molecule is CCC(C)(CC)NC(CC(C)(C)C(=O)C(C)(C)CC)C(=O)C(C)(CC)CC. The molecule has 3 heteroatoms. The van der Waals surface area contributed by atoms with Crippen LogP contribution in [0.4, 0.5) is 0 Å². The molecule has 0 bridgehead atoms. The Morgan fingerprint density at radius 1 is 0.704 bits per heavy atom. The number of carbonyl (C=O) groups excluding carboxylic acids is 2. The number of hydrogen-bond acceptors (Lipinski definition) is 3. The average Bonchev–Trinajstić information content (AvgIpc) is 2.65. The average molecular weight is 382 g/mol. The van der Waals surface area contributed by atoms with E-state index < -0.39 is 5.41 Å². The first-order valence-corrected chi connectivity index (χ1v) is 11.1. The minimum Gasteiger partial charge on any atom is -0.302 e. The number of ketones is 2. The summed E-state index contributed by atoms with van der Waals surface area (Å²) in [5.74, 6) is 0.511. The van der Waals surface area contributed by atoms with E-state index in [2.05, 4.69) is 53.8 Å². The number of Topliss-reactive ketones (excluding diaryl/α,β-unsaturated/α-hetero) is 2. The van der Waals surface area contributed by atoms with Crippen LogP contribution in [0.3, 0.4) is 0 Å². The van der Waals surface area contributed by atoms with Crippen molar-refractivity contribution in [3.63, 3.8) is 0 Å². The summed E-state index contributed by atoms with van der Waals surface area (Å²) in [5.41, 5.74) is -1.35. The number of nitrogens with one attached hydrogen (secondary N) is 1. The fourth-order valence-electron chi connectivity index (χ4n) is 3.78. The monoisotopic (exact) mass is 381 g/mol. The van der Waals surface area contributed by atoms with Gasteiger partial charge in [-0.2, -0.15) is 0 Å². The Morgan fingerprint density at radius 3 is 1.48 bits per heavy atom. The molecule has 0 heterocycles. The van der Waals surface area contributed by atoms with Crippen LogP contribution in [0, 0.1) is 16.2 Å². The van der Waals surface area contributed by atoms with Crippen LogP contribution in [0.5, 0.6) is 0 Å². The van der Waals surface area contributed by atoms with Gasteiger partial charge >= 0.3 is 0 Å². The fourth-order valence-corrected chi connectivity index (χ4v) is 3.78. The smallest absolute Gasteiger partial charge is 0.155 e. The van der Waals surface area contributed by atoms with Gasteiger partial charge in [-0.3, -0.25) is 9.59 Å². The third-order valence-corrected chi connectivity index (χ3v) is 7.38. The van der Waals surface area contributed by atoms with E-state index in [1.54, 1.807) is 0 Å². The number of rotatable bonds is 13. The molecule has 0 aromatic rings. The highest BCUT2D eigenvalue weighted by atomic mass is 16.1. The molecule has 0 amide bonds. The van der Waals surface area contributed by atoms with Crippen molar-refractivity contribution in [2.75, 3.05) is 0 Å². The quantitative estimate of drug-likeness (QED) is 0.405. The molecule has 0 aromatic carbocycles. The zero-order valence-corrected chi connectivity index (χ0v) is 20.1. The van der Waals surface area contributed by atoms with Crippen molar-refractivity contribution in [3.8, 4) is 0 Å². The molecular formula is C24H47NO2. The lowest BCUT2D eigenvalue weighted by molar-refractivity contribution is -0.139. The first-order valence-electron chi connectivity index (χ1n) is 11.1. The predicted octanol–water partition coefficient (Wildman–Crippen LogP) is 6.34. The highest BCUT2D eigenvalue weighted by Gasteiger charge is 2.44. The van der Waals surface area contributed by atoms with Gasteiger partial charge in [-0.25, -0.2) is 0 Å². The number of hydrogen-bond donors (Lipinski definition) is 1. The van der Waals surface area contributed by atoms with Gasteiger partial charge in [0.15, 0.2) is 5.78 Å². The zero-order chi connectivity index (χ0) is 21.7. The largest absolute Gasteiger partial charge is 0.302 e. The van der Waals surface area contributed by atoms with E-state index in [4.69, 9.17) is 0 Å². The second-order valence-corrected chi connectivity index (χ2v) is 10.3. The van der Waals surface area contributed by atoms with Crippen LogP contribution in [-0.4, -0.2) is 23.1 Å². The van der Waals surface area contributed by atoms with Crippen LogP contribution in [0.1, 0.15) is 115 Å². The minimum absolute atomic E-state index is 0.0951. The Hall–Kier alpha value is -0.700. The Bertz CT molecular complexity index is 497. The van der Waals surface area contributed by atoms with Crippen molar-refractivity contribution >= 4 is 11.6 Å². The topological polar surface area (TPSA) is 46.2 Å². The van der Waals surface area contributed by atoms with Gasteiger partial charge in [-0.05, 0) is 45.4 Å². The molecule has 1 N–H and O–H groups in total. The van der Waals surface area contributed by atoms with Gasteiger partial charge in [0.1, 0.15) is 5.78 Å². The fraction of sp³-hybridized carbons (Fsp3) is 0.917. The molecule has 0 aliphatic carbocycles. The molecule has 0 saturated heterocycles. The van der Waals surface area contributed by atoms with Crippen molar-refractivity contribution in [2.45, 2.75) is 126 Å². The van der Waals surface area contributed by atoms with Crippen LogP contribution in [0.25, 0.3) is 0 Å². The summed E-state index contributed by atoms with van der Waals surface area (Å²) in [6.45, 7) is 22.9. The maximum Gasteiger partial charge on any atom is 0.155 e. The summed E-state index contributed by atoms with van der Waals surface area (Å²) in [6.07, 6.45) is 4.92. The second kappa shape index (κ2) is 9.67. The maximum absolute atomic E-state index is 13.6.